The summed E-state index contributed by atoms with van der Waals surface area (Å²) in [5.74, 6) is -0.511. The van der Waals surface area contributed by atoms with Crippen LogP contribution in [0.1, 0.15) is 25.7 Å². The van der Waals surface area contributed by atoms with E-state index in [9.17, 15) is 4.79 Å². The molecule has 2 N–H and O–H groups in total. The lowest BCUT2D eigenvalue weighted by atomic mass is 9.86. The van der Waals surface area contributed by atoms with Gasteiger partial charge in [0.2, 0.25) is 5.95 Å². The number of nitrogens with zero attached hydrogens (tertiary/aromatic N) is 3. The highest BCUT2D eigenvalue weighted by atomic mass is 16.4. The summed E-state index contributed by atoms with van der Waals surface area (Å²) in [6.45, 7) is 0. The van der Waals surface area contributed by atoms with E-state index in [0.29, 0.717) is 12.4 Å². The first-order chi connectivity index (χ1) is 9.72. The Bertz CT molecular complexity index is 631. The Morgan fingerprint density at radius 1 is 1.20 bits per heavy atom. The van der Waals surface area contributed by atoms with E-state index in [0.717, 1.165) is 30.3 Å². The van der Waals surface area contributed by atoms with Crippen molar-refractivity contribution in [3.63, 3.8) is 0 Å². The molecule has 1 fully saturated rings. The molecule has 0 bridgehead atoms. The van der Waals surface area contributed by atoms with Gasteiger partial charge in [-0.25, -0.2) is 4.98 Å². The van der Waals surface area contributed by atoms with Gasteiger partial charge in [-0.05, 0) is 31.4 Å². The highest BCUT2D eigenvalue weighted by Crippen LogP contribution is 2.26. The van der Waals surface area contributed by atoms with Gasteiger partial charge >= 0.3 is 5.97 Å². The van der Waals surface area contributed by atoms with Crippen LogP contribution in [0.25, 0.3) is 11.0 Å². The predicted octanol–water partition coefficient (Wildman–Crippen LogP) is 2.08. The number of para-hydroxylation sites is 1. The maximum Gasteiger partial charge on any atom is 0.306 e. The highest BCUT2D eigenvalue weighted by Gasteiger charge is 2.27. The Morgan fingerprint density at radius 2 is 2.00 bits per heavy atom. The third-order valence-electron chi connectivity index (χ3n) is 3.72. The normalized spacial score (nSPS) is 22.6. The quantitative estimate of drug-likeness (QED) is 0.889. The molecule has 0 saturated heterocycles. The fourth-order valence-electron chi connectivity index (χ4n) is 2.67. The van der Waals surface area contributed by atoms with Crippen LogP contribution in [0.5, 0.6) is 0 Å². The molecule has 20 heavy (non-hydrogen) atoms. The maximum atomic E-state index is 11.1. The molecule has 6 heteroatoms. The van der Waals surface area contributed by atoms with Crippen molar-refractivity contribution < 1.29 is 9.90 Å². The van der Waals surface area contributed by atoms with Crippen LogP contribution in [0.15, 0.2) is 24.3 Å². The largest absolute Gasteiger partial charge is 0.481 e. The summed E-state index contributed by atoms with van der Waals surface area (Å²) in [6, 6.07) is 7.65. The zero-order valence-corrected chi connectivity index (χ0v) is 11.0. The van der Waals surface area contributed by atoms with Gasteiger partial charge in [0, 0.05) is 6.04 Å². The molecule has 0 radical (unpaired) electrons. The minimum Gasteiger partial charge on any atom is -0.481 e. The van der Waals surface area contributed by atoms with Crippen LogP contribution in [-0.2, 0) is 4.79 Å². The number of rotatable bonds is 3. The van der Waals surface area contributed by atoms with Gasteiger partial charge in [0.25, 0.3) is 0 Å². The van der Waals surface area contributed by atoms with Gasteiger partial charge in [0.1, 0.15) is 5.52 Å². The van der Waals surface area contributed by atoms with E-state index in [-0.39, 0.29) is 12.0 Å². The summed E-state index contributed by atoms with van der Waals surface area (Å²) in [7, 11) is 0. The minimum absolute atomic E-state index is 0.104. The fraction of sp³-hybridized carbons (Fsp3) is 0.429. The zero-order chi connectivity index (χ0) is 13.9. The van der Waals surface area contributed by atoms with Crippen molar-refractivity contribution in [2.24, 2.45) is 5.92 Å². The number of carbonyl (C=O) groups is 1. The highest BCUT2D eigenvalue weighted by molar-refractivity contribution is 5.74. The molecule has 0 amide bonds. The topological polar surface area (TPSA) is 88.0 Å². The smallest absolute Gasteiger partial charge is 0.306 e. The van der Waals surface area contributed by atoms with Crippen LogP contribution in [0.2, 0.25) is 0 Å². The van der Waals surface area contributed by atoms with Gasteiger partial charge < -0.3 is 10.4 Å². The molecule has 1 aliphatic carbocycles. The lowest BCUT2D eigenvalue weighted by Crippen LogP contribution is -2.31. The van der Waals surface area contributed by atoms with Crippen LogP contribution in [0.3, 0.4) is 0 Å². The Labute approximate surface area is 116 Å². The molecule has 1 heterocycles. The fourth-order valence-corrected chi connectivity index (χ4v) is 2.67. The van der Waals surface area contributed by atoms with E-state index in [1.807, 2.05) is 24.3 Å². The summed E-state index contributed by atoms with van der Waals surface area (Å²) >= 11 is 0. The summed E-state index contributed by atoms with van der Waals surface area (Å²) < 4.78 is 0. The lowest BCUT2D eigenvalue weighted by molar-refractivity contribution is -0.142. The van der Waals surface area contributed by atoms with Gasteiger partial charge in [-0.3, -0.25) is 4.79 Å². The van der Waals surface area contributed by atoms with E-state index in [4.69, 9.17) is 5.11 Å². The third-order valence-corrected chi connectivity index (χ3v) is 3.72. The second-order valence-corrected chi connectivity index (χ2v) is 5.17. The molecule has 0 spiro atoms. The average Bonchev–Trinajstić information content (AvgIpc) is 2.47. The second kappa shape index (κ2) is 5.40. The van der Waals surface area contributed by atoms with Crippen LogP contribution >= 0.6 is 0 Å². The number of aromatic nitrogens is 3. The summed E-state index contributed by atoms with van der Waals surface area (Å²) in [6.07, 6.45) is 3.23. The molecule has 2 atom stereocenters. The van der Waals surface area contributed by atoms with Gasteiger partial charge in [-0.15, -0.1) is 10.2 Å². The predicted molar refractivity (Wildman–Crippen MR) is 74.3 cm³/mol. The third kappa shape index (κ3) is 2.68. The van der Waals surface area contributed by atoms with Crippen molar-refractivity contribution in [2.45, 2.75) is 31.7 Å². The van der Waals surface area contributed by atoms with Gasteiger partial charge in [-0.2, -0.15) is 0 Å². The number of benzene rings is 1. The molecule has 1 saturated carbocycles. The number of fused-ring (bicyclic) bond motifs is 1. The Balaban J connectivity index is 1.74. The summed E-state index contributed by atoms with van der Waals surface area (Å²) in [5.41, 5.74) is 1.54. The van der Waals surface area contributed by atoms with Crippen LogP contribution in [0, 0.1) is 5.92 Å². The maximum absolute atomic E-state index is 11.1. The lowest BCUT2D eigenvalue weighted by Gasteiger charge is -2.27. The Hall–Kier alpha value is -2.24. The minimum atomic E-state index is -0.714. The van der Waals surface area contributed by atoms with Crippen LogP contribution < -0.4 is 5.32 Å². The number of nitrogens with one attached hydrogen (secondary N) is 1. The number of carboxylic acids is 1. The molecule has 1 aliphatic rings. The number of anilines is 1. The number of carboxylic acid groups (broad SMARTS) is 1. The molecule has 1 aromatic carbocycles. The van der Waals surface area contributed by atoms with Crippen LogP contribution in [-0.4, -0.2) is 32.3 Å². The molecular formula is C14H16N4O2. The zero-order valence-electron chi connectivity index (χ0n) is 11.0. The Kier molecular flexibility index (Phi) is 3.45. The molecule has 0 aliphatic heterocycles. The van der Waals surface area contributed by atoms with E-state index < -0.39 is 5.97 Å². The Morgan fingerprint density at radius 3 is 2.80 bits per heavy atom. The first-order valence-electron chi connectivity index (χ1n) is 6.81. The van der Waals surface area contributed by atoms with E-state index in [1.165, 1.54) is 0 Å². The van der Waals surface area contributed by atoms with Crippen molar-refractivity contribution >= 4 is 23.0 Å². The summed E-state index contributed by atoms with van der Waals surface area (Å²) in [5, 5.41) is 20.5. The standard InChI is InChI=1S/C14H16N4O2/c19-13(20)9-4-3-5-10(8-9)15-14-16-11-6-1-2-7-12(11)17-18-14/h1-2,6-7,9-10H,3-5,8H2,(H,19,20)(H,15,16,18). The number of hydrogen-bond acceptors (Lipinski definition) is 5. The average molecular weight is 272 g/mol. The van der Waals surface area contributed by atoms with Crippen molar-refractivity contribution in [3.05, 3.63) is 24.3 Å². The molecule has 104 valence electrons. The van der Waals surface area contributed by atoms with Gasteiger partial charge in [-0.1, -0.05) is 18.6 Å². The molecule has 2 aromatic rings. The van der Waals surface area contributed by atoms with Crippen molar-refractivity contribution in [3.8, 4) is 0 Å². The van der Waals surface area contributed by atoms with Crippen molar-refractivity contribution in [1.82, 2.24) is 15.2 Å². The van der Waals surface area contributed by atoms with E-state index in [2.05, 4.69) is 20.5 Å². The number of hydrogen-bond donors (Lipinski definition) is 2. The monoisotopic (exact) mass is 272 g/mol. The first-order valence-corrected chi connectivity index (χ1v) is 6.81. The van der Waals surface area contributed by atoms with Crippen molar-refractivity contribution in [1.29, 1.82) is 0 Å². The molecule has 3 rings (SSSR count). The van der Waals surface area contributed by atoms with Gasteiger partial charge in [0.15, 0.2) is 0 Å². The molecule has 1 aromatic heterocycles. The first kappa shape index (κ1) is 12.8. The SMILES string of the molecule is O=C(O)C1CCCC(Nc2nnc3ccccc3n2)C1. The van der Waals surface area contributed by atoms with Crippen LogP contribution in [0.4, 0.5) is 5.95 Å². The van der Waals surface area contributed by atoms with E-state index >= 15 is 0 Å². The molecule has 6 nitrogen and oxygen atoms in total. The molecule has 2 unspecified atom stereocenters. The van der Waals surface area contributed by atoms with Gasteiger partial charge in [0.05, 0.1) is 11.4 Å². The second-order valence-electron chi connectivity index (χ2n) is 5.17. The van der Waals surface area contributed by atoms with Crippen molar-refractivity contribution in [2.75, 3.05) is 5.32 Å². The number of aliphatic carboxylic acids is 1. The van der Waals surface area contributed by atoms with E-state index in [1.54, 1.807) is 0 Å². The molecular weight excluding hydrogens is 256 g/mol. The summed E-state index contributed by atoms with van der Waals surface area (Å²) in [4.78, 5) is 15.5.